The van der Waals surface area contributed by atoms with Gasteiger partial charge in [0, 0.05) is 22.3 Å². The van der Waals surface area contributed by atoms with E-state index in [0.717, 1.165) is 10.9 Å². The van der Waals surface area contributed by atoms with E-state index in [1.165, 1.54) is 12.1 Å². The first kappa shape index (κ1) is 17.5. The highest BCUT2D eigenvalue weighted by molar-refractivity contribution is 9.10. The lowest BCUT2D eigenvalue weighted by molar-refractivity contribution is 0.0953. The zero-order valence-corrected chi connectivity index (χ0v) is 14.9. The van der Waals surface area contributed by atoms with E-state index < -0.39 is 10.0 Å². The highest BCUT2D eigenvalue weighted by Crippen LogP contribution is 2.20. The van der Waals surface area contributed by atoms with Gasteiger partial charge < -0.3 is 5.32 Å². The maximum atomic E-state index is 12.4. The van der Waals surface area contributed by atoms with Gasteiger partial charge in [-0.25, -0.2) is 8.42 Å². The lowest BCUT2D eigenvalue weighted by Gasteiger charge is -2.10. The molecule has 0 spiro atoms. The molecule has 0 heterocycles. The van der Waals surface area contributed by atoms with Crippen LogP contribution < -0.4 is 10.0 Å². The summed E-state index contributed by atoms with van der Waals surface area (Å²) in [7, 11) is -3.76. The Bertz CT molecular complexity index is 806. The van der Waals surface area contributed by atoms with E-state index in [0.29, 0.717) is 17.8 Å². The van der Waals surface area contributed by atoms with E-state index in [1.54, 1.807) is 36.4 Å². The molecule has 1 amide bonds. The first-order valence-corrected chi connectivity index (χ1v) is 9.36. The summed E-state index contributed by atoms with van der Waals surface area (Å²) in [5.41, 5.74) is 0.760. The van der Waals surface area contributed by atoms with Crippen LogP contribution in [0.2, 0.25) is 0 Å². The van der Waals surface area contributed by atoms with Gasteiger partial charge in [0.05, 0.1) is 4.90 Å². The fourth-order valence-electron chi connectivity index (χ4n) is 1.91. The topological polar surface area (TPSA) is 75.3 Å². The van der Waals surface area contributed by atoms with Crippen molar-refractivity contribution >= 4 is 37.5 Å². The van der Waals surface area contributed by atoms with Gasteiger partial charge in [0.25, 0.3) is 15.9 Å². The zero-order chi connectivity index (χ0) is 16.9. The van der Waals surface area contributed by atoms with E-state index >= 15 is 0 Å². The largest absolute Gasteiger partial charge is 0.352 e. The summed E-state index contributed by atoms with van der Waals surface area (Å²) >= 11 is 3.29. The highest BCUT2D eigenvalue weighted by atomic mass is 79.9. The predicted molar refractivity (Wildman–Crippen MR) is 94.0 cm³/mol. The molecular weight excluding hydrogens is 380 g/mol. The van der Waals surface area contributed by atoms with Crippen molar-refractivity contribution < 1.29 is 13.2 Å². The maximum Gasteiger partial charge on any atom is 0.261 e. The second kappa shape index (κ2) is 7.61. The Morgan fingerprint density at radius 2 is 1.87 bits per heavy atom. The van der Waals surface area contributed by atoms with Crippen molar-refractivity contribution in [3.05, 3.63) is 58.6 Å². The fourth-order valence-corrected chi connectivity index (χ4v) is 3.41. The van der Waals surface area contributed by atoms with Crippen LogP contribution in [0.1, 0.15) is 23.7 Å². The third-order valence-electron chi connectivity index (χ3n) is 3.02. The van der Waals surface area contributed by atoms with Crippen LogP contribution in [-0.4, -0.2) is 20.9 Å². The minimum absolute atomic E-state index is 0.0432. The van der Waals surface area contributed by atoms with Gasteiger partial charge in [0.15, 0.2) is 0 Å². The van der Waals surface area contributed by atoms with Crippen molar-refractivity contribution in [3.63, 3.8) is 0 Å². The standard InChI is InChI=1S/C16H17BrN2O3S/c1-2-9-18-16(20)12-5-3-8-15(10-12)23(21,22)19-14-7-4-6-13(17)11-14/h3-8,10-11,19H,2,9H2,1H3,(H,18,20). The molecule has 0 saturated heterocycles. The van der Waals surface area contributed by atoms with Crippen LogP contribution in [0.25, 0.3) is 0 Å². The number of halogens is 1. The van der Waals surface area contributed by atoms with Crippen LogP contribution in [0.3, 0.4) is 0 Å². The summed E-state index contributed by atoms with van der Waals surface area (Å²) in [5.74, 6) is -0.286. The van der Waals surface area contributed by atoms with Crippen LogP contribution in [-0.2, 0) is 10.0 Å². The number of hydrogen-bond donors (Lipinski definition) is 2. The molecule has 2 rings (SSSR count). The third kappa shape index (κ3) is 4.80. The van der Waals surface area contributed by atoms with E-state index in [4.69, 9.17) is 0 Å². The number of rotatable bonds is 6. The smallest absolute Gasteiger partial charge is 0.261 e. The van der Waals surface area contributed by atoms with Gasteiger partial charge in [-0.15, -0.1) is 0 Å². The monoisotopic (exact) mass is 396 g/mol. The molecule has 7 heteroatoms. The van der Waals surface area contributed by atoms with Gasteiger partial charge in [-0.05, 0) is 42.8 Å². The molecule has 0 aliphatic rings. The first-order valence-electron chi connectivity index (χ1n) is 7.09. The van der Waals surface area contributed by atoms with Crippen LogP contribution in [0, 0.1) is 0 Å². The molecule has 5 nitrogen and oxygen atoms in total. The first-order chi connectivity index (χ1) is 10.9. The van der Waals surface area contributed by atoms with Crippen LogP contribution in [0.5, 0.6) is 0 Å². The Labute approximate surface area is 144 Å². The number of carbonyl (C=O) groups excluding carboxylic acids is 1. The number of hydrogen-bond acceptors (Lipinski definition) is 3. The van der Waals surface area contributed by atoms with E-state index in [-0.39, 0.29) is 10.8 Å². The molecule has 2 aromatic carbocycles. The Hall–Kier alpha value is -1.86. The van der Waals surface area contributed by atoms with Gasteiger partial charge in [-0.3, -0.25) is 9.52 Å². The van der Waals surface area contributed by atoms with E-state index in [1.807, 2.05) is 6.92 Å². The molecule has 0 bridgehead atoms. The van der Waals surface area contributed by atoms with Crippen molar-refractivity contribution in [2.45, 2.75) is 18.2 Å². The number of carbonyl (C=O) groups is 1. The van der Waals surface area contributed by atoms with Crippen molar-refractivity contribution in [2.75, 3.05) is 11.3 Å². The molecular formula is C16H17BrN2O3S. The summed E-state index contributed by atoms with van der Waals surface area (Å²) in [6, 6.07) is 12.8. The fraction of sp³-hybridized carbons (Fsp3) is 0.188. The van der Waals surface area contributed by atoms with Gasteiger partial charge in [-0.1, -0.05) is 35.0 Å². The average Bonchev–Trinajstić information content (AvgIpc) is 2.52. The summed E-state index contributed by atoms with van der Waals surface area (Å²) in [5, 5.41) is 2.72. The van der Waals surface area contributed by atoms with Gasteiger partial charge >= 0.3 is 0 Å². The predicted octanol–water partition coefficient (Wildman–Crippen LogP) is 3.39. The lowest BCUT2D eigenvalue weighted by atomic mass is 10.2. The number of anilines is 1. The summed E-state index contributed by atoms with van der Waals surface area (Å²) in [4.78, 5) is 12.0. The number of amides is 1. The molecule has 0 radical (unpaired) electrons. The zero-order valence-electron chi connectivity index (χ0n) is 12.5. The molecule has 0 saturated carbocycles. The van der Waals surface area contributed by atoms with Crippen LogP contribution >= 0.6 is 15.9 Å². The average molecular weight is 397 g/mol. The molecule has 0 atom stereocenters. The number of sulfonamides is 1. The lowest BCUT2D eigenvalue weighted by Crippen LogP contribution is -2.24. The molecule has 0 aliphatic heterocycles. The van der Waals surface area contributed by atoms with Crippen molar-refractivity contribution in [1.29, 1.82) is 0 Å². The molecule has 0 aromatic heterocycles. The number of benzene rings is 2. The summed E-state index contributed by atoms with van der Waals surface area (Å²) < 4.78 is 28.2. The normalized spacial score (nSPS) is 11.0. The van der Waals surface area contributed by atoms with Crippen molar-refractivity contribution in [2.24, 2.45) is 0 Å². The second-order valence-corrected chi connectivity index (χ2v) is 7.50. The molecule has 0 unspecified atom stereocenters. The quantitative estimate of drug-likeness (QED) is 0.785. The molecule has 2 aromatic rings. The molecule has 23 heavy (non-hydrogen) atoms. The Balaban J connectivity index is 2.24. The minimum atomic E-state index is -3.76. The van der Waals surface area contributed by atoms with E-state index in [2.05, 4.69) is 26.0 Å². The molecule has 2 N–H and O–H groups in total. The van der Waals surface area contributed by atoms with E-state index in [9.17, 15) is 13.2 Å². The Morgan fingerprint density at radius 3 is 2.57 bits per heavy atom. The van der Waals surface area contributed by atoms with Crippen molar-refractivity contribution in [3.8, 4) is 0 Å². The maximum absolute atomic E-state index is 12.4. The Morgan fingerprint density at radius 1 is 1.13 bits per heavy atom. The highest BCUT2D eigenvalue weighted by Gasteiger charge is 2.16. The number of nitrogens with one attached hydrogen (secondary N) is 2. The molecule has 0 aliphatic carbocycles. The van der Waals surface area contributed by atoms with Crippen LogP contribution in [0.15, 0.2) is 57.9 Å². The molecule has 122 valence electrons. The summed E-state index contributed by atoms with van der Waals surface area (Å²) in [6.07, 6.45) is 0.814. The summed E-state index contributed by atoms with van der Waals surface area (Å²) in [6.45, 7) is 2.50. The van der Waals surface area contributed by atoms with Crippen LogP contribution in [0.4, 0.5) is 5.69 Å². The Kier molecular flexibility index (Phi) is 5.79. The van der Waals surface area contributed by atoms with Gasteiger partial charge in [0.2, 0.25) is 0 Å². The van der Waals surface area contributed by atoms with Gasteiger partial charge in [-0.2, -0.15) is 0 Å². The minimum Gasteiger partial charge on any atom is -0.352 e. The SMILES string of the molecule is CCCNC(=O)c1cccc(S(=O)(=O)Nc2cccc(Br)c2)c1. The van der Waals surface area contributed by atoms with Crippen molar-refractivity contribution in [1.82, 2.24) is 5.32 Å². The molecule has 0 fully saturated rings. The van der Waals surface area contributed by atoms with Gasteiger partial charge in [0.1, 0.15) is 0 Å². The third-order valence-corrected chi connectivity index (χ3v) is 4.89. The second-order valence-electron chi connectivity index (χ2n) is 4.90.